The number of carboxylic acids is 2. The zero-order valence-corrected chi connectivity index (χ0v) is 19.5. The number of aliphatic hydroxyl groups is 1. The van der Waals surface area contributed by atoms with Crippen LogP contribution >= 0.6 is 11.8 Å². The first kappa shape index (κ1) is 29.6. The first-order valence-electron chi connectivity index (χ1n) is 10.1. The number of hydrogen-bond acceptors (Lipinski definition) is 8. The maximum absolute atomic E-state index is 12.9. The molecule has 0 heterocycles. The van der Waals surface area contributed by atoms with Gasteiger partial charge >= 0.3 is 11.9 Å². The molecule has 0 saturated carbocycles. The molecular formula is C19H34N4O8S. The molecule has 184 valence electrons. The van der Waals surface area contributed by atoms with Crippen molar-refractivity contribution >= 4 is 41.4 Å². The number of carboxylic acid groups (broad SMARTS) is 2. The molecule has 0 aliphatic rings. The molecule has 0 aromatic rings. The van der Waals surface area contributed by atoms with E-state index in [1.165, 1.54) is 11.8 Å². The van der Waals surface area contributed by atoms with Crippen LogP contribution in [-0.2, 0) is 24.0 Å². The minimum absolute atomic E-state index is 0.371. The largest absolute Gasteiger partial charge is 0.481 e. The molecule has 32 heavy (non-hydrogen) atoms. The second-order valence-electron chi connectivity index (χ2n) is 7.48. The Morgan fingerprint density at radius 2 is 1.50 bits per heavy atom. The fourth-order valence-electron chi connectivity index (χ4n) is 2.63. The Morgan fingerprint density at radius 3 is 1.94 bits per heavy atom. The third-order valence-electron chi connectivity index (χ3n) is 4.82. The van der Waals surface area contributed by atoms with Crippen molar-refractivity contribution in [3.63, 3.8) is 0 Å². The normalized spacial score (nSPS) is 16.6. The third-order valence-corrected chi connectivity index (χ3v) is 5.46. The van der Waals surface area contributed by atoms with Crippen molar-refractivity contribution in [3.8, 4) is 0 Å². The molecule has 0 aliphatic carbocycles. The number of amides is 3. The van der Waals surface area contributed by atoms with Crippen LogP contribution in [0.4, 0.5) is 0 Å². The number of nitrogens with two attached hydrogens (primary N) is 1. The van der Waals surface area contributed by atoms with Gasteiger partial charge in [-0.3, -0.25) is 19.2 Å². The smallest absolute Gasteiger partial charge is 0.328 e. The maximum Gasteiger partial charge on any atom is 0.328 e. The number of thioether (sulfide) groups is 1. The van der Waals surface area contributed by atoms with Gasteiger partial charge in [-0.1, -0.05) is 20.3 Å². The van der Waals surface area contributed by atoms with Gasteiger partial charge in [-0.2, -0.15) is 11.8 Å². The van der Waals surface area contributed by atoms with Gasteiger partial charge in [0.25, 0.3) is 0 Å². The van der Waals surface area contributed by atoms with Gasteiger partial charge in [-0.25, -0.2) is 4.79 Å². The van der Waals surface area contributed by atoms with E-state index in [1.807, 2.05) is 11.6 Å². The van der Waals surface area contributed by atoms with Crippen molar-refractivity contribution in [2.24, 2.45) is 11.7 Å². The summed E-state index contributed by atoms with van der Waals surface area (Å²) in [5.41, 5.74) is 5.84. The van der Waals surface area contributed by atoms with Gasteiger partial charge in [-0.15, -0.1) is 0 Å². The fourth-order valence-corrected chi connectivity index (χ4v) is 3.12. The predicted octanol–water partition coefficient (Wildman–Crippen LogP) is -1.49. The summed E-state index contributed by atoms with van der Waals surface area (Å²) in [5.74, 6) is -5.14. The van der Waals surface area contributed by atoms with E-state index in [0.717, 1.165) is 6.92 Å². The van der Waals surface area contributed by atoms with Crippen molar-refractivity contribution in [1.29, 1.82) is 0 Å². The minimum Gasteiger partial charge on any atom is -0.481 e. The molecule has 12 nitrogen and oxygen atoms in total. The quantitative estimate of drug-likeness (QED) is 0.145. The highest BCUT2D eigenvalue weighted by molar-refractivity contribution is 7.98. The van der Waals surface area contributed by atoms with Gasteiger partial charge < -0.3 is 37.0 Å². The van der Waals surface area contributed by atoms with Gasteiger partial charge in [-0.05, 0) is 31.3 Å². The van der Waals surface area contributed by atoms with Crippen LogP contribution in [0.1, 0.15) is 40.0 Å². The summed E-state index contributed by atoms with van der Waals surface area (Å²) in [6.07, 6.45) is 0.435. The highest BCUT2D eigenvalue weighted by Gasteiger charge is 2.34. The van der Waals surface area contributed by atoms with Gasteiger partial charge in [0.2, 0.25) is 17.7 Å². The average Bonchev–Trinajstić information content (AvgIpc) is 2.71. The lowest BCUT2D eigenvalue weighted by atomic mass is 9.97. The Bertz CT molecular complexity index is 676. The summed E-state index contributed by atoms with van der Waals surface area (Å²) in [7, 11) is 0. The summed E-state index contributed by atoms with van der Waals surface area (Å²) >= 11 is 1.51. The van der Waals surface area contributed by atoms with Crippen LogP contribution in [-0.4, -0.2) is 87.3 Å². The second-order valence-corrected chi connectivity index (χ2v) is 8.47. The van der Waals surface area contributed by atoms with Crippen LogP contribution in [0.2, 0.25) is 0 Å². The first-order valence-corrected chi connectivity index (χ1v) is 11.5. The molecule has 0 rings (SSSR count). The van der Waals surface area contributed by atoms with Crippen LogP contribution < -0.4 is 21.7 Å². The van der Waals surface area contributed by atoms with E-state index >= 15 is 0 Å². The van der Waals surface area contributed by atoms with E-state index < -0.39 is 66.4 Å². The molecule has 0 aromatic heterocycles. The predicted molar refractivity (Wildman–Crippen MR) is 118 cm³/mol. The third kappa shape index (κ3) is 10.3. The van der Waals surface area contributed by atoms with Crippen LogP contribution in [0.15, 0.2) is 0 Å². The summed E-state index contributed by atoms with van der Waals surface area (Å²) in [6, 6.07) is -5.27. The monoisotopic (exact) mass is 478 g/mol. The van der Waals surface area contributed by atoms with Crippen molar-refractivity contribution in [3.05, 3.63) is 0 Å². The van der Waals surface area contributed by atoms with Crippen molar-refractivity contribution < 1.29 is 39.3 Å². The molecule has 0 aromatic carbocycles. The van der Waals surface area contributed by atoms with Crippen molar-refractivity contribution in [2.45, 2.75) is 70.3 Å². The molecule has 6 unspecified atom stereocenters. The average molecular weight is 479 g/mol. The fraction of sp³-hybridized carbons (Fsp3) is 0.737. The maximum atomic E-state index is 12.9. The lowest BCUT2D eigenvalue weighted by Crippen LogP contribution is -2.59. The minimum atomic E-state index is -1.70. The van der Waals surface area contributed by atoms with Crippen LogP contribution in [0.5, 0.6) is 0 Å². The summed E-state index contributed by atoms with van der Waals surface area (Å²) in [5, 5.41) is 34.6. The molecule has 0 aliphatic heterocycles. The van der Waals surface area contributed by atoms with Gasteiger partial charge in [0.1, 0.15) is 12.1 Å². The van der Waals surface area contributed by atoms with E-state index in [0.29, 0.717) is 18.6 Å². The SMILES string of the molecule is CCC(C)C(NC(=O)C(N)CCSC)C(=O)NC(CC(=O)O)C(=O)NC(C(=O)O)C(C)O. The van der Waals surface area contributed by atoms with E-state index in [1.54, 1.807) is 13.8 Å². The molecule has 6 atom stereocenters. The zero-order valence-electron chi connectivity index (χ0n) is 18.7. The molecule has 0 saturated heterocycles. The first-order chi connectivity index (χ1) is 14.8. The van der Waals surface area contributed by atoms with E-state index in [4.69, 9.17) is 15.9 Å². The topological polar surface area (TPSA) is 208 Å². The summed E-state index contributed by atoms with van der Waals surface area (Å²) in [4.78, 5) is 60.1. The molecule has 0 fully saturated rings. The van der Waals surface area contributed by atoms with Crippen LogP contribution in [0.3, 0.4) is 0 Å². The standard InChI is InChI=1S/C19H34N4O8S/c1-5-9(2)14(22-16(27)11(20)6-7-32-4)18(29)21-12(8-13(25)26)17(28)23-15(10(3)24)19(30)31/h9-12,14-15,24H,5-8,20H2,1-4H3,(H,21,29)(H,22,27)(H,23,28)(H,25,26)(H,30,31). The number of nitrogens with one attached hydrogen (secondary N) is 3. The summed E-state index contributed by atoms with van der Waals surface area (Å²) < 4.78 is 0. The number of carbonyl (C=O) groups excluding carboxylic acids is 3. The second kappa shape index (κ2) is 14.6. The molecule has 0 spiro atoms. The van der Waals surface area contributed by atoms with Gasteiger partial charge in [0, 0.05) is 0 Å². The summed E-state index contributed by atoms with van der Waals surface area (Å²) in [6.45, 7) is 4.61. The molecule has 0 radical (unpaired) electrons. The molecule has 3 amide bonds. The Balaban J connectivity index is 5.52. The number of rotatable bonds is 15. The van der Waals surface area contributed by atoms with Gasteiger partial charge in [0.15, 0.2) is 6.04 Å². The van der Waals surface area contributed by atoms with E-state index in [9.17, 15) is 29.1 Å². The van der Waals surface area contributed by atoms with Crippen LogP contribution in [0, 0.1) is 5.92 Å². The van der Waals surface area contributed by atoms with Crippen molar-refractivity contribution in [2.75, 3.05) is 12.0 Å². The van der Waals surface area contributed by atoms with E-state index in [-0.39, 0.29) is 5.92 Å². The zero-order chi connectivity index (χ0) is 25.0. The van der Waals surface area contributed by atoms with Crippen molar-refractivity contribution in [1.82, 2.24) is 16.0 Å². The lowest BCUT2D eigenvalue weighted by Gasteiger charge is -2.27. The lowest BCUT2D eigenvalue weighted by molar-refractivity contribution is -0.146. The number of carbonyl (C=O) groups is 5. The number of hydrogen-bond donors (Lipinski definition) is 7. The Labute approximate surface area is 191 Å². The number of aliphatic carboxylic acids is 2. The molecule has 13 heteroatoms. The Kier molecular flexibility index (Phi) is 13.5. The number of aliphatic hydroxyl groups excluding tert-OH is 1. The van der Waals surface area contributed by atoms with E-state index in [2.05, 4.69) is 10.6 Å². The van der Waals surface area contributed by atoms with Gasteiger partial charge in [0.05, 0.1) is 18.6 Å². The Hall–Kier alpha value is -2.38. The highest BCUT2D eigenvalue weighted by atomic mass is 32.2. The highest BCUT2D eigenvalue weighted by Crippen LogP contribution is 2.10. The molecule has 8 N–H and O–H groups in total. The molecule has 0 bridgehead atoms. The molecular weight excluding hydrogens is 444 g/mol. The van der Waals surface area contributed by atoms with Crippen LogP contribution in [0.25, 0.3) is 0 Å². The Morgan fingerprint density at radius 1 is 0.938 bits per heavy atom.